The van der Waals surface area contributed by atoms with Crippen LogP contribution >= 0.6 is 12.4 Å². The average molecular weight is 290 g/mol. The van der Waals surface area contributed by atoms with Crippen molar-refractivity contribution in [1.82, 2.24) is 0 Å². The van der Waals surface area contributed by atoms with Crippen molar-refractivity contribution in [3.8, 4) is 0 Å². The van der Waals surface area contributed by atoms with E-state index in [0.717, 1.165) is 5.57 Å². The lowest BCUT2D eigenvalue weighted by Crippen LogP contribution is -2.29. The molecule has 0 aliphatic heterocycles. The van der Waals surface area contributed by atoms with Crippen molar-refractivity contribution in [3.63, 3.8) is 0 Å². The molecule has 1 unspecified atom stereocenters. The Morgan fingerprint density at radius 2 is 2.11 bits per heavy atom. The van der Waals surface area contributed by atoms with Crippen LogP contribution in [-0.4, -0.2) is 50.0 Å². The summed E-state index contributed by atoms with van der Waals surface area (Å²) in [6.07, 6.45) is 5.41. The second-order valence-corrected chi connectivity index (χ2v) is 3.40. The van der Waals surface area contributed by atoms with Crippen LogP contribution in [-0.2, 0) is 19.1 Å². The molecule has 1 aliphatic carbocycles. The van der Waals surface area contributed by atoms with Crippen LogP contribution < -0.4 is 0 Å². The summed E-state index contributed by atoms with van der Waals surface area (Å²) in [4.78, 5) is 15.4. The molecule has 1 rings (SSSR count). The van der Waals surface area contributed by atoms with E-state index in [9.17, 15) is 9.90 Å². The van der Waals surface area contributed by atoms with Crippen molar-refractivity contribution in [1.29, 1.82) is 0 Å². The zero-order valence-corrected chi connectivity index (χ0v) is 11.4. The molecule has 7 heteroatoms. The molecule has 19 heavy (non-hydrogen) atoms. The number of nitrogens with zero attached hydrogens (tertiary/aromatic N) is 1. The molecule has 0 saturated carbocycles. The fourth-order valence-electron chi connectivity index (χ4n) is 1.21. The van der Waals surface area contributed by atoms with E-state index in [0.29, 0.717) is 0 Å². The number of halogens is 1. The second kappa shape index (κ2) is 9.35. The highest BCUT2D eigenvalue weighted by atomic mass is 35.5. The third kappa shape index (κ3) is 6.22. The summed E-state index contributed by atoms with van der Waals surface area (Å²) in [7, 11) is 2.64. The summed E-state index contributed by atoms with van der Waals surface area (Å²) in [5.41, 5.74) is 0.741. The van der Waals surface area contributed by atoms with Gasteiger partial charge < -0.3 is 19.4 Å². The zero-order valence-electron chi connectivity index (χ0n) is 10.6. The second-order valence-electron chi connectivity index (χ2n) is 3.40. The monoisotopic (exact) mass is 289 g/mol. The van der Waals surface area contributed by atoms with Crippen molar-refractivity contribution < 1.29 is 24.2 Å². The predicted octanol–water partition coefficient (Wildman–Crippen LogP) is 0.611. The molecule has 1 aliphatic rings. The molecule has 0 amide bonds. The molecule has 0 radical (unpaired) electrons. The van der Waals surface area contributed by atoms with E-state index in [1.807, 2.05) is 0 Å². The molecule has 0 aromatic rings. The van der Waals surface area contributed by atoms with E-state index in [2.05, 4.69) is 20.6 Å². The summed E-state index contributed by atoms with van der Waals surface area (Å²) in [6, 6.07) is 0. The molecule has 1 atom stereocenters. The first-order chi connectivity index (χ1) is 8.67. The normalized spacial score (nSPS) is 18.1. The number of carbonyl (C=O) groups is 1. The zero-order chi connectivity index (χ0) is 13.4. The van der Waals surface area contributed by atoms with Gasteiger partial charge in [-0.25, -0.2) is 4.79 Å². The first-order valence-electron chi connectivity index (χ1n) is 5.27. The van der Waals surface area contributed by atoms with Gasteiger partial charge in [0.2, 0.25) is 0 Å². The van der Waals surface area contributed by atoms with Crippen LogP contribution in [0.25, 0.3) is 0 Å². The molecule has 0 fully saturated rings. The molecule has 0 spiro atoms. The fourth-order valence-corrected chi connectivity index (χ4v) is 1.21. The minimum Gasteiger partial charge on any atom is -0.467 e. The minimum atomic E-state index is -1.27. The number of carbonyl (C=O) groups excluding carboxylic acids is 1. The maximum Gasteiger partial charge on any atom is 0.337 e. The van der Waals surface area contributed by atoms with E-state index < -0.39 is 12.1 Å². The van der Waals surface area contributed by atoms with Crippen LogP contribution in [0.5, 0.6) is 0 Å². The Balaban J connectivity index is 0.00000324. The third-order valence-corrected chi connectivity index (χ3v) is 2.12. The third-order valence-electron chi connectivity index (χ3n) is 2.12. The first kappa shape index (κ1) is 17.4. The van der Waals surface area contributed by atoms with E-state index in [1.54, 1.807) is 24.3 Å². The SMILES string of the molecule is CON=C=C1C=CC(OCC(O)C(=O)OC)C=C1.Cl. The van der Waals surface area contributed by atoms with Crippen molar-refractivity contribution in [2.45, 2.75) is 12.2 Å². The summed E-state index contributed by atoms with van der Waals surface area (Å²) in [5.74, 6) is 1.93. The Morgan fingerprint density at radius 3 is 2.63 bits per heavy atom. The molecule has 0 aromatic heterocycles. The fraction of sp³-hybridized carbons (Fsp3) is 0.417. The number of aliphatic hydroxyl groups excluding tert-OH is 1. The highest BCUT2D eigenvalue weighted by Crippen LogP contribution is 2.09. The van der Waals surface area contributed by atoms with Crippen molar-refractivity contribution >= 4 is 24.2 Å². The summed E-state index contributed by atoms with van der Waals surface area (Å²) in [5, 5.41) is 12.8. The van der Waals surface area contributed by atoms with E-state index >= 15 is 0 Å². The smallest absolute Gasteiger partial charge is 0.337 e. The lowest BCUT2D eigenvalue weighted by molar-refractivity contribution is -0.153. The number of methoxy groups -OCH3 is 1. The standard InChI is InChI=1S/C12H15NO5.ClH/c1-16-12(15)11(14)8-18-10-5-3-9(4-6-10)7-13-17-2;/h3-6,10-11,14H,8H2,1-2H3;1H. The van der Waals surface area contributed by atoms with Crippen LogP contribution in [0.2, 0.25) is 0 Å². The van der Waals surface area contributed by atoms with Gasteiger partial charge >= 0.3 is 5.97 Å². The Labute approximate surface area is 117 Å². The first-order valence-corrected chi connectivity index (χ1v) is 5.27. The van der Waals surface area contributed by atoms with Gasteiger partial charge in [0.25, 0.3) is 0 Å². The van der Waals surface area contributed by atoms with Gasteiger partial charge in [0, 0.05) is 11.4 Å². The van der Waals surface area contributed by atoms with E-state index in [-0.39, 0.29) is 25.1 Å². The number of esters is 1. The van der Waals surface area contributed by atoms with Gasteiger partial charge in [-0.05, 0) is 17.3 Å². The molecule has 0 heterocycles. The lowest BCUT2D eigenvalue weighted by Gasteiger charge is -2.15. The predicted molar refractivity (Wildman–Crippen MR) is 71.2 cm³/mol. The Bertz CT molecular complexity index is 396. The van der Waals surface area contributed by atoms with Gasteiger partial charge in [-0.3, -0.25) is 0 Å². The van der Waals surface area contributed by atoms with Gasteiger partial charge in [-0.1, -0.05) is 12.2 Å². The Morgan fingerprint density at radius 1 is 1.47 bits per heavy atom. The minimum absolute atomic E-state index is 0. The van der Waals surface area contributed by atoms with Crippen LogP contribution in [0, 0.1) is 0 Å². The molecule has 6 nitrogen and oxygen atoms in total. The van der Waals surface area contributed by atoms with Crippen LogP contribution in [0.15, 0.2) is 35.0 Å². The van der Waals surface area contributed by atoms with Gasteiger partial charge in [0.1, 0.15) is 7.11 Å². The van der Waals surface area contributed by atoms with Crippen LogP contribution in [0.4, 0.5) is 0 Å². The summed E-state index contributed by atoms with van der Waals surface area (Å²) >= 11 is 0. The lowest BCUT2D eigenvalue weighted by atomic mass is 10.1. The largest absolute Gasteiger partial charge is 0.467 e. The number of rotatable bonds is 5. The van der Waals surface area contributed by atoms with Gasteiger partial charge in [-0.2, -0.15) is 0 Å². The number of allylic oxidation sites excluding steroid dienone is 3. The maximum absolute atomic E-state index is 10.9. The Hall–Kier alpha value is -1.59. The van der Waals surface area contributed by atoms with Crippen molar-refractivity contribution in [2.24, 2.45) is 5.16 Å². The van der Waals surface area contributed by atoms with Crippen molar-refractivity contribution in [2.75, 3.05) is 20.8 Å². The van der Waals surface area contributed by atoms with E-state index in [1.165, 1.54) is 14.2 Å². The van der Waals surface area contributed by atoms with E-state index in [4.69, 9.17) is 4.74 Å². The van der Waals surface area contributed by atoms with Gasteiger partial charge in [0.15, 0.2) is 6.10 Å². The van der Waals surface area contributed by atoms with Crippen LogP contribution in [0.3, 0.4) is 0 Å². The molecule has 0 bridgehead atoms. The number of hydrogen-bond acceptors (Lipinski definition) is 6. The van der Waals surface area contributed by atoms with Crippen molar-refractivity contribution in [3.05, 3.63) is 29.9 Å². The summed E-state index contributed by atoms with van der Waals surface area (Å²) < 4.78 is 9.66. The molecule has 0 aromatic carbocycles. The highest BCUT2D eigenvalue weighted by Gasteiger charge is 2.17. The van der Waals surface area contributed by atoms with Gasteiger partial charge in [0.05, 0.1) is 19.8 Å². The molecule has 1 N–H and O–H groups in total. The summed E-state index contributed by atoms with van der Waals surface area (Å²) in [6.45, 7) is -0.128. The molecular formula is C12H16ClNO5. The maximum atomic E-state index is 10.9. The van der Waals surface area contributed by atoms with Crippen LogP contribution in [0.1, 0.15) is 0 Å². The van der Waals surface area contributed by atoms with Gasteiger partial charge in [-0.15, -0.1) is 12.4 Å². The average Bonchev–Trinajstić information content (AvgIpc) is 2.42. The number of hydrogen-bond donors (Lipinski definition) is 1. The quantitative estimate of drug-likeness (QED) is 0.456. The topological polar surface area (TPSA) is 77.4 Å². The highest BCUT2D eigenvalue weighted by molar-refractivity contribution is 5.85. The number of aliphatic hydroxyl groups is 1. The molecule has 106 valence electrons. The number of ether oxygens (including phenoxy) is 2. The molecular weight excluding hydrogens is 274 g/mol. The Kier molecular flexibility index (Phi) is 8.57. The molecule has 0 saturated heterocycles.